The van der Waals surface area contributed by atoms with Gasteiger partial charge in [0.2, 0.25) is 0 Å². The third-order valence-electron chi connectivity index (χ3n) is 3.80. The quantitative estimate of drug-likeness (QED) is 0.391. The average Bonchev–Trinajstić information content (AvgIpc) is 3.26. The number of thiophene rings is 1. The van der Waals surface area contributed by atoms with Gasteiger partial charge in [-0.15, -0.1) is 22.7 Å². The number of ether oxygens (including phenoxy) is 1. The first-order valence-electron chi connectivity index (χ1n) is 9.25. The number of nitrogens with zero attached hydrogens (tertiary/aromatic N) is 2. The predicted octanol–water partition coefficient (Wildman–Crippen LogP) is 4.07. The summed E-state index contributed by atoms with van der Waals surface area (Å²) >= 11 is 3.16. The standard InChI is InChI=1S/C19H28N4O2S2/c1-6-14-9-10-15(26-14)11-21-19(20-7-2)23-13(5)17-22-12(4)16(27-17)18(24)25-8-3/h9-10,13H,6-8,11H2,1-5H3,(H2,20,21,23). The summed E-state index contributed by atoms with van der Waals surface area (Å²) in [5, 5.41) is 7.48. The number of hydrogen-bond donors (Lipinski definition) is 2. The fraction of sp³-hybridized carbons (Fsp3) is 0.526. The van der Waals surface area contributed by atoms with E-state index in [-0.39, 0.29) is 12.0 Å². The molecule has 0 spiro atoms. The van der Waals surface area contributed by atoms with Crippen LogP contribution in [0.5, 0.6) is 0 Å². The minimum Gasteiger partial charge on any atom is -0.462 e. The van der Waals surface area contributed by atoms with Gasteiger partial charge in [0.25, 0.3) is 0 Å². The van der Waals surface area contributed by atoms with Crippen molar-refractivity contribution in [3.8, 4) is 0 Å². The second kappa shape index (κ2) is 10.4. The molecule has 2 heterocycles. The number of carbonyl (C=O) groups excluding carboxylic acids is 1. The number of aryl methyl sites for hydroxylation is 2. The van der Waals surface area contributed by atoms with Crippen molar-refractivity contribution in [1.82, 2.24) is 15.6 Å². The molecule has 1 unspecified atom stereocenters. The van der Waals surface area contributed by atoms with Crippen LogP contribution in [-0.4, -0.2) is 30.1 Å². The summed E-state index contributed by atoms with van der Waals surface area (Å²) in [4.78, 5) is 24.4. The molecular formula is C19H28N4O2S2. The zero-order valence-electron chi connectivity index (χ0n) is 16.6. The minimum absolute atomic E-state index is 0.0655. The summed E-state index contributed by atoms with van der Waals surface area (Å²) in [5.41, 5.74) is 0.703. The van der Waals surface area contributed by atoms with E-state index < -0.39 is 0 Å². The molecule has 2 aromatic heterocycles. The maximum absolute atomic E-state index is 12.0. The number of nitrogens with one attached hydrogen (secondary N) is 2. The van der Waals surface area contributed by atoms with Crippen LogP contribution in [0.15, 0.2) is 17.1 Å². The van der Waals surface area contributed by atoms with Gasteiger partial charge in [-0.3, -0.25) is 0 Å². The Morgan fingerprint density at radius 1 is 1.26 bits per heavy atom. The molecule has 8 heteroatoms. The second-order valence-electron chi connectivity index (χ2n) is 5.97. The molecule has 2 N–H and O–H groups in total. The van der Waals surface area contributed by atoms with Crippen LogP contribution < -0.4 is 10.6 Å². The number of rotatable bonds is 8. The lowest BCUT2D eigenvalue weighted by atomic mass is 10.3. The number of aromatic nitrogens is 1. The molecule has 0 radical (unpaired) electrons. The molecule has 6 nitrogen and oxygen atoms in total. The Labute approximate surface area is 169 Å². The SMILES string of the molecule is CCNC(=NCc1ccc(CC)s1)NC(C)c1nc(C)c(C(=O)OCC)s1. The van der Waals surface area contributed by atoms with Gasteiger partial charge in [-0.2, -0.15) is 0 Å². The number of hydrogen-bond acceptors (Lipinski definition) is 6. The Bertz CT molecular complexity index is 783. The van der Waals surface area contributed by atoms with Crippen molar-refractivity contribution in [3.05, 3.63) is 37.5 Å². The van der Waals surface area contributed by atoms with Crippen molar-refractivity contribution in [2.75, 3.05) is 13.2 Å². The third-order valence-corrected chi connectivity index (χ3v) is 6.34. The van der Waals surface area contributed by atoms with Crippen LogP contribution in [0.4, 0.5) is 0 Å². The second-order valence-corrected chi connectivity index (χ2v) is 8.25. The van der Waals surface area contributed by atoms with Gasteiger partial charge in [0.1, 0.15) is 9.88 Å². The highest BCUT2D eigenvalue weighted by Crippen LogP contribution is 2.24. The summed E-state index contributed by atoms with van der Waals surface area (Å²) in [7, 11) is 0. The number of thiazole rings is 1. The molecule has 0 saturated heterocycles. The van der Waals surface area contributed by atoms with E-state index in [2.05, 4.69) is 39.7 Å². The summed E-state index contributed by atoms with van der Waals surface area (Å²) < 4.78 is 5.10. The number of carbonyl (C=O) groups is 1. The van der Waals surface area contributed by atoms with E-state index in [4.69, 9.17) is 4.74 Å². The summed E-state index contributed by atoms with van der Waals surface area (Å²) in [5.74, 6) is 0.429. The van der Waals surface area contributed by atoms with Gasteiger partial charge in [0.05, 0.1) is 24.9 Å². The predicted molar refractivity (Wildman–Crippen MR) is 113 cm³/mol. The monoisotopic (exact) mass is 408 g/mol. The lowest BCUT2D eigenvalue weighted by Gasteiger charge is -2.15. The Hall–Kier alpha value is -1.93. The molecule has 0 bridgehead atoms. The first-order chi connectivity index (χ1) is 13.0. The summed E-state index contributed by atoms with van der Waals surface area (Å²) in [6.07, 6.45) is 1.05. The Balaban J connectivity index is 2.07. The largest absolute Gasteiger partial charge is 0.462 e. The van der Waals surface area contributed by atoms with Gasteiger partial charge in [-0.25, -0.2) is 14.8 Å². The van der Waals surface area contributed by atoms with Gasteiger partial charge in [-0.05, 0) is 46.2 Å². The number of guanidine groups is 1. The average molecular weight is 409 g/mol. The molecule has 2 rings (SSSR count). The molecule has 2 aromatic rings. The van der Waals surface area contributed by atoms with E-state index in [1.165, 1.54) is 21.1 Å². The van der Waals surface area contributed by atoms with Gasteiger partial charge in [0, 0.05) is 16.3 Å². The van der Waals surface area contributed by atoms with Crippen LogP contribution in [0.3, 0.4) is 0 Å². The lowest BCUT2D eigenvalue weighted by Crippen LogP contribution is -2.38. The van der Waals surface area contributed by atoms with Crippen molar-refractivity contribution in [2.45, 2.75) is 53.6 Å². The first-order valence-corrected chi connectivity index (χ1v) is 10.9. The highest BCUT2D eigenvalue weighted by atomic mass is 32.1. The van der Waals surface area contributed by atoms with Crippen LogP contribution in [0.25, 0.3) is 0 Å². The molecule has 0 aliphatic carbocycles. The molecule has 27 heavy (non-hydrogen) atoms. The zero-order valence-corrected chi connectivity index (χ0v) is 18.2. The Morgan fingerprint density at radius 2 is 2.00 bits per heavy atom. The smallest absolute Gasteiger partial charge is 0.350 e. The third kappa shape index (κ3) is 6.04. The van der Waals surface area contributed by atoms with Crippen molar-refractivity contribution >= 4 is 34.6 Å². The van der Waals surface area contributed by atoms with Gasteiger partial charge < -0.3 is 15.4 Å². The minimum atomic E-state index is -0.309. The number of esters is 1. The Morgan fingerprint density at radius 3 is 2.63 bits per heavy atom. The van der Waals surface area contributed by atoms with E-state index in [9.17, 15) is 4.79 Å². The van der Waals surface area contributed by atoms with E-state index in [0.29, 0.717) is 23.7 Å². The van der Waals surface area contributed by atoms with E-state index in [1.54, 1.807) is 18.3 Å². The fourth-order valence-corrected chi connectivity index (χ4v) is 4.28. The lowest BCUT2D eigenvalue weighted by molar-refractivity contribution is 0.0531. The highest BCUT2D eigenvalue weighted by Gasteiger charge is 2.20. The molecule has 1 atom stereocenters. The molecule has 148 valence electrons. The van der Waals surface area contributed by atoms with Crippen LogP contribution in [-0.2, 0) is 17.7 Å². The van der Waals surface area contributed by atoms with Crippen molar-refractivity contribution in [1.29, 1.82) is 0 Å². The summed E-state index contributed by atoms with van der Waals surface area (Å²) in [6, 6.07) is 4.23. The maximum atomic E-state index is 12.0. The van der Waals surface area contributed by atoms with Crippen molar-refractivity contribution in [2.24, 2.45) is 4.99 Å². The molecule has 0 amide bonds. The molecule has 0 aliphatic rings. The normalized spacial score (nSPS) is 12.7. The first kappa shape index (κ1) is 21.4. The van der Waals surface area contributed by atoms with Crippen LogP contribution in [0.1, 0.15) is 63.9 Å². The van der Waals surface area contributed by atoms with Gasteiger partial charge in [-0.1, -0.05) is 6.92 Å². The maximum Gasteiger partial charge on any atom is 0.350 e. The molecule has 0 fully saturated rings. The topological polar surface area (TPSA) is 75.6 Å². The number of aliphatic imine (C=N–C) groups is 1. The van der Waals surface area contributed by atoms with Crippen LogP contribution >= 0.6 is 22.7 Å². The van der Waals surface area contributed by atoms with E-state index >= 15 is 0 Å². The fourth-order valence-electron chi connectivity index (χ4n) is 2.43. The van der Waals surface area contributed by atoms with Crippen LogP contribution in [0, 0.1) is 6.92 Å². The van der Waals surface area contributed by atoms with Gasteiger partial charge in [0.15, 0.2) is 5.96 Å². The molecule has 0 saturated carbocycles. The van der Waals surface area contributed by atoms with Crippen molar-refractivity contribution in [3.63, 3.8) is 0 Å². The zero-order chi connectivity index (χ0) is 19.8. The molecular weight excluding hydrogens is 380 g/mol. The van der Waals surface area contributed by atoms with Crippen molar-refractivity contribution < 1.29 is 9.53 Å². The molecule has 0 aromatic carbocycles. The summed E-state index contributed by atoms with van der Waals surface area (Å²) in [6.45, 7) is 11.6. The molecule has 0 aliphatic heterocycles. The van der Waals surface area contributed by atoms with E-state index in [1.807, 2.05) is 20.8 Å². The van der Waals surface area contributed by atoms with Gasteiger partial charge >= 0.3 is 5.97 Å². The van der Waals surface area contributed by atoms with Crippen LogP contribution in [0.2, 0.25) is 0 Å². The van der Waals surface area contributed by atoms with E-state index in [0.717, 1.165) is 23.9 Å². The Kier molecular flexibility index (Phi) is 8.24. The highest BCUT2D eigenvalue weighted by molar-refractivity contribution is 7.13.